The Morgan fingerprint density at radius 1 is 0.533 bits per heavy atom. The summed E-state index contributed by atoms with van der Waals surface area (Å²) in [6.45, 7) is 9.41. The van der Waals surface area contributed by atoms with Crippen LogP contribution < -0.4 is 5.11 Å². The molecule has 0 bridgehead atoms. The van der Waals surface area contributed by atoms with Crippen LogP contribution in [-0.4, -0.2) is 41.1 Å². The molecule has 0 heterocycles. The normalized spacial score (nSPS) is 9.03. The van der Waals surface area contributed by atoms with Crippen LogP contribution in [0.2, 0.25) is 0 Å². The number of carbonyl (C=O) groups excluding carboxylic acids is 1. The van der Waals surface area contributed by atoms with E-state index in [2.05, 4.69) is 27.7 Å². The van der Waals surface area contributed by atoms with E-state index >= 15 is 0 Å². The third-order valence-corrected chi connectivity index (χ3v) is 4.02. The van der Waals surface area contributed by atoms with Crippen LogP contribution in [0, 0.1) is 0 Å². The van der Waals surface area contributed by atoms with E-state index in [1.54, 1.807) is 0 Å². The van der Waals surface area contributed by atoms with E-state index in [9.17, 15) is 9.90 Å². The monoisotopic (exact) mass is 469 g/mol. The van der Waals surface area contributed by atoms with Gasteiger partial charge in [-0.25, -0.2) is 0 Å². The minimum absolute atomic E-state index is 0. The largest absolute Gasteiger partial charge is 0.550 e. The van der Waals surface area contributed by atoms with Crippen molar-refractivity contribution in [1.29, 1.82) is 0 Å². The topological polar surface area (TPSA) is 101 Å². The smallest absolute Gasteiger partial charge is 0.0430 e. The minimum Gasteiger partial charge on any atom is -0.550 e. The third-order valence-electron chi connectivity index (χ3n) is 4.02. The molecule has 6 heteroatoms. The molecule has 3 N–H and O–H groups in total. The van der Waals surface area contributed by atoms with Crippen LogP contribution in [0.25, 0.3) is 0 Å². The Hall–Kier alpha value is 0.0643. The Morgan fingerprint density at radius 2 is 0.800 bits per heavy atom. The van der Waals surface area contributed by atoms with Gasteiger partial charge in [-0.3, -0.25) is 0 Å². The average Bonchev–Trinajstić information content (AvgIpc) is 2.70. The number of aliphatic carboxylic acids is 1. The fourth-order valence-corrected chi connectivity index (χ4v) is 2.05. The first-order chi connectivity index (χ1) is 14.0. The summed E-state index contributed by atoms with van der Waals surface area (Å²) < 4.78 is 0. The van der Waals surface area contributed by atoms with Crippen molar-refractivity contribution in [1.82, 2.24) is 0 Å². The molecule has 0 saturated heterocycles. The van der Waals surface area contributed by atoms with Crippen LogP contribution in [0.5, 0.6) is 0 Å². The standard InChI is InChI=1S/C12H24O2.3C4H10O.Ti/c1-2-3-4-5-6-7-8-9-10-11-12(13)14;3*1-2-3-4-5;/h2-11H2,1H3,(H,13,14);3*5H,2-4H2,1H3;/p-1. The first-order valence-corrected chi connectivity index (χ1v) is 12.0. The molecular weight excluding hydrogens is 416 g/mol. The van der Waals surface area contributed by atoms with Crippen molar-refractivity contribution in [2.75, 3.05) is 19.8 Å². The fraction of sp³-hybridized carbons (Fsp3) is 0.958. The van der Waals surface area contributed by atoms with Gasteiger partial charge in [0.25, 0.3) is 0 Å². The van der Waals surface area contributed by atoms with Crippen molar-refractivity contribution in [3.8, 4) is 0 Å². The van der Waals surface area contributed by atoms with Gasteiger partial charge in [0.2, 0.25) is 0 Å². The predicted molar refractivity (Wildman–Crippen MR) is 123 cm³/mol. The molecule has 0 fully saturated rings. The summed E-state index contributed by atoms with van der Waals surface area (Å²) in [6.07, 6.45) is 17.3. The Kier molecular flexibility index (Phi) is 63.4. The summed E-state index contributed by atoms with van der Waals surface area (Å²) in [5, 5.41) is 34.3. The zero-order chi connectivity index (χ0) is 23.0. The number of carbonyl (C=O) groups is 1. The molecule has 0 rings (SSSR count). The quantitative estimate of drug-likeness (QED) is 0.218. The van der Waals surface area contributed by atoms with Gasteiger partial charge in [-0.15, -0.1) is 0 Å². The molecule has 0 aromatic heterocycles. The Bertz CT molecular complexity index is 233. The molecule has 184 valence electrons. The molecule has 0 aliphatic carbocycles. The molecule has 0 aliphatic rings. The molecule has 0 aliphatic heterocycles. The van der Waals surface area contributed by atoms with E-state index in [0.29, 0.717) is 19.8 Å². The van der Waals surface area contributed by atoms with Crippen LogP contribution in [0.1, 0.15) is 130 Å². The van der Waals surface area contributed by atoms with E-state index < -0.39 is 5.97 Å². The fourth-order valence-electron chi connectivity index (χ4n) is 2.05. The van der Waals surface area contributed by atoms with Gasteiger partial charge in [0.05, 0.1) is 0 Å². The van der Waals surface area contributed by atoms with Crippen molar-refractivity contribution >= 4 is 5.97 Å². The van der Waals surface area contributed by atoms with E-state index in [0.717, 1.165) is 51.4 Å². The zero-order valence-corrected chi connectivity index (χ0v) is 22.2. The maximum absolute atomic E-state index is 10.1. The first kappa shape index (κ1) is 40.4. The summed E-state index contributed by atoms with van der Waals surface area (Å²) in [5.74, 6) is -0.909. The van der Waals surface area contributed by atoms with Gasteiger partial charge in [-0.1, -0.05) is 98.3 Å². The molecule has 5 nitrogen and oxygen atoms in total. The number of unbranched alkanes of at least 4 members (excludes halogenated alkanes) is 11. The Balaban J connectivity index is -0.000000108. The van der Waals surface area contributed by atoms with E-state index in [1.165, 1.54) is 44.9 Å². The number of hydrogen-bond acceptors (Lipinski definition) is 5. The average molecular weight is 470 g/mol. The molecule has 0 unspecified atom stereocenters. The van der Waals surface area contributed by atoms with Crippen LogP contribution >= 0.6 is 0 Å². The second-order valence-corrected chi connectivity index (χ2v) is 7.18. The summed E-state index contributed by atoms with van der Waals surface area (Å²) in [6, 6.07) is 0. The van der Waals surface area contributed by atoms with Gasteiger partial charge in [0, 0.05) is 47.5 Å². The molecule has 0 amide bonds. The molecule has 0 saturated carbocycles. The van der Waals surface area contributed by atoms with Crippen molar-refractivity contribution in [3.05, 3.63) is 0 Å². The van der Waals surface area contributed by atoms with Gasteiger partial charge in [0.1, 0.15) is 0 Å². The summed E-state index contributed by atoms with van der Waals surface area (Å²) >= 11 is 0. The Labute approximate surface area is 202 Å². The molecule has 30 heavy (non-hydrogen) atoms. The number of hydrogen-bond donors (Lipinski definition) is 3. The van der Waals surface area contributed by atoms with Crippen LogP contribution in [0.15, 0.2) is 0 Å². The number of rotatable bonds is 16. The molecule has 0 spiro atoms. The number of aliphatic hydroxyl groups excluding tert-OH is 3. The SMILES string of the molecule is CCCCCCCCCCCC(=O)[O-].CCCCO.CCCCO.CCCCO.[Ti]. The number of carboxylic acid groups (broad SMARTS) is 1. The van der Waals surface area contributed by atoms with E-state index in [1.807, 2.05) is 0 Å². The first-order valence-electron chi connectivity index (χ1n) is 12.0. The van der Waals surface area contributed by atoms with Crippen LogP contribution in [-0.2, 0) is 26.5 Å². The van der Waals surface area contributed by atoms with Gasteiger partial charge in [-0.2, -0.15) is 0 Å². The van der Waals surface area contributed by atoms with Gasteiger partial charge < -0.3 is 25.2 Å². The number of aliphatic hydroxyl groups is 3. The van der Waals surface area contributed by atoms with Crippen molar-refractivity contribution in [2.45, 2.75) is 130 Å². The predicted octanol–water partition coefficient (Wildman–Crippen LogP) is 4.99. The maximum Gasteiger partial charge on any atom is 0.0430 e. The minimum atomic E-state index is -0.909. The van der Waals surface area contributed by atoms with E-state index in [4.69, 9.17) is 15.3 Å². The van der Waals surface area contributed by atoms with Gasteiger partial charge in [-0.05, 0) is 32.1 Å². The third kappa shape index (κ3) is 70.6. The molecule has 0 radical (unpaired) electrons. The summed E-state index contributed by atoms with van der Waals surface area (Å²) in [5.41, 5.74) is 0. The van der Waals surface area contributed by atoms with Gasteiger partial charge in [0.15, 0.2) is 0 Å². The summed E-state index contributed by atoms with van der Waals surface area (Å²) in [7, 11) is 0. The molecule has 0 aromatic carbocycles. The van der Waals surface area contributed by atoms with Gasteiger partial charge >= 0.3 is 0 Å². The maximum atomic E-state index is 10.1. The van der Waals surface area contributed by atoms with Crippen molar-refractivity contribution < 1.29 is 46.9 Å². The number of carboxylic acids is 1. The molecular formula is C24H53O5Ti-. The molecule has 0 aromatic rings. The second kappa shape index (κ2) is 47.0. The molecule has 0 atom stereocenters. The van der Waals surface area contributed by atoms with Crippen LogP contribution in [0.4, 0.5) is 0 Å². The zero-order valence-electron chi connectivity index (χ0n) is 20.6. The van der Waals surface area contributed by atoms with E-state index in [-0.39, 0.29) is 28.1 Å². The van der Waals surface area contributed by atoms with Crippen molar-refractivity contribution in [2.24, 2.45) is 0 Å². The second-order valence-electron chi connectivity index (χ2n) is 7.18. The van der Waals surface area contributed by atoms with Crippen molar-refractivity contribution in [3.63, 3.8) is 0 Å². The summed E-state index contributed by atoms with van der Waals surface area (Å²) in [4.78, 5) is 10.1. The Morgan fingerprint density at radius 3 is 1.00 bits per heavy atom. The van der Waals surface area contributed by atoms with Crippen LogP contribution in [0.3, 0.4) is 0 Å².